The molecule has 0 bridgehead atoms. The maximum atomic E-state index is 10.3. The minimum atomic E-state index is -0.717. The van der Waals surface area contributed by atoms with Gasteiger partial charge >= 0.3 is 5.97 Å². The molecule has 0 aromatic heterocycles. The van der Waals surface area contributed by atoms with Crippen LogP contribution >= 0.6 is 0 Å². The quantitative estimate of drug-likeness (QED) is 0.741. The molecular weight excluding hydrogens is 190 g/mol. The van der Waals surface area contributed by atoms with Crippen molar-refractivity contribution in [2.24, 2.45) is 11.1 Å². The Labute approximate surface area is 93.0 Å². The van der Waals surface area contributed by atoms with E-state index in [1.165, 1.54) is 19.3 Å². The molecule has 0 heterocycles. The van der Waals surface area contributed by atoms with E-state index < -0.39 is 5.97 Å². The highest BCUT2D eigenvalue weighted by molar-refractivity contribution is 5.67. The first-order valence-electron chi connectivity index (χ1n) is 6.02. The Morgan fingerprint density at radius 2 is 1.87 bits per heavy atom. The van der Waals surface area contributed by atoms with E-state index in [0.29, 0.717) is 6.54 Å². The molecule has 90 valence electrons. The molecule has 1 fully saturated rings. The number of nitrogens with two attached hydrogens (primary N) is 1. The molecule has 0 aliphatic heterocycles. The minimum absolute atomic E-state index is 0.0359. The fourth-order valence-corrected chi connectivity index (χ4v) is 1.80. The molecule has 0 unspecified atom stereocenters. The monoisotopic (exact) mass is 215 g/mol. The van der Waals surface area contributed by atoms with Gasteiger partial charge in [-0.15, -0.1) is 0 Å². The predicted octanol–water partition coefficient (Wildman–Crippen LogP) is 2.79. The van der Waals surface area contributed by atoms with Gasteiger partial charge in [0.15, 0.2) is 0 Å². The molecule has 0 atom stereocenters. The van der Waals surface area contributed by atoms with Crippen LogP contribution in [0.1, 0.15) is 58.8 Å². The van der Waals surface area contributed by atoms with Crippen LogP contribution < -0.4 is 5.73 Å². The molecule has 0 saturated heterocycles. The Kier molecular flexibility index (Phi) is 7.39. The lowest BCUT2D eigenvalue weighted by Gasteiger charge is -2.39. The highest BCUT2D eigenvalue weighted by atomic mass is 16.4. The Bertz CT molecular complexity index is 169. The number of rotatable bonds is 5. The van der Waals surface area contributed by atoms with Crippen LogP contribution in [-0.4, -0.2) is 17.6 Å². The fourth-order valence-electron chi connectivity index (χ4n) is 1.80. The molecule has 0 radical (unpaired) electrons. The normalized spacial score (nSPS) is 17.3. The molecule has 0 aromatic rings. The van der Waals surface area contributed by atoms with Crippen molar-refractivity contribution in [3.8, 4) is 0 Å². The molecule has 1 aliphatic rings. The minimum Gasteiger partial charge on any atom is -0.481 e. The second-order valence-corrected chi connectivity index (χ2v) is 4.48. The van der Waals surface area contributed by atoms with Crippen molar-refractivity contribution in [1.29, 1.82) is 0 Å². The zero-order chi connectivity index (χ0) is 11.7. The van der Waals surface area contributed by atoms with Gasteiger partial charge in [-0.25, -0.2) is 0 Å². The summed E-state index contributed by atoms with van der Waals surface area (Å²) in [6.07, 6.45) is 7.46. The van der Waals surface area contributed by atoms with Crippen LogP contribution in [0, 0.1) is 5.41 Å². The molecular formula is C12H25NO2. The molecule has 1 rings (SSSR count). The van der Waals surface area contributed by atoms with Crippen molar-refractivity contribution < 1.29 is 9.90 Å². The van der Waals surface area contributed by atoms with E-state index in [1.807, 2.05) is 0 Å². The highest BCUT2D eigenvalue weighted by Gasteiger charge is 2.37. The Hall–Kier alpha value is -0.570. The third-order valence-corrected chi connectivity index (χ3v) is 3.08. The maximum Gasteiger partial charge on any atom is 0.303 e. The Balaban J connectivity index is 0.000000336. The van der Waals surface area contributed by atoms with Gasteiger partial charge in [0.2, 0.25) is 0 Å². The van der Waals surface area contributed by atoms with Gasteiger partial charge < -0.3 is 10.8 Å². The van der Waals surface area contributed by atoms with Gasteiger partial charge in [-0.2, -0.15) is 0 Å². The SMILES string of the molecule is CCCCC.NCC1(CC(=O)O)CCC1. The third kappa shape index (κ3) is 5.78. The van der Waals surface area contributed by atoms with E-state index in [1.54, 1.807) is 0 Å². The summed E-state index contributed by atoms with van der Waals surface area (Å²) in [5.74, 6) is -0.717. The highest BCUT2D eigenvalue weighted by Crippen LogP contribution is 2.42. The first-order valence-corrected chi connectivity index (χ1v) is 6.02. The number of carboxylic acid groups (broad SMARTS) is 1. The number of aliphatic carboxylic acids is 1. The number of hydrogen-bond acceptors (Lipinski definition) is 2. The number of carboxylic acids is 1. The van der Waals surface area contributed by atoms with Crippen molar-refractivity contribution in [2.45, 2.75) is 58.8 Å². The van der Waals surface area contributed by atoms with E-state index in [2.05, 4.69) is 13.8 Å². The van der Waals surface area contributed by atoms with E-state index in [-0.39, 0.29) is 11.8 Å². The molecule has 0 aromatic carbocycles. The Morgan fingerprint density at radius 3 is 1.93 bits per heavy atom. The summed E-state index contributed by atoms with van der Waals surface area (Å²) in [7, 11) is 0. The van der Waals surface area contributed by atoms with Crippen molar-refractivity contribution in [3.63, 3.8) is 0 Å². The summed E-state index contributed by atoms with van der Waals surface area (Å²) in [5.41, 5.74) is 5.42. The van der Waals surface area contributed by atoms with E-state index >= 15 is 0 Å². The summed E-state index contributed by atoms with van der Waals surface area (Å²) >= 11 is 0. The third-order valence-electron chi connectivity index (χ3n) is 3.08. The first-order chi connectivity index (χ1) is 7.10. The van der Waals surface area contributed by atoms with E-state index in [4.69, 9.17) is 10.8 Å². The zero-order valence-corrected chi connectivity index (χ0v) is 10.1. The van der Waals surface area contributed by atoms with Gasteiger partial charge in [-0.05, 0) is 24.8 Å². The summed E-state index contributed by atoms with van der Waals surface area (Å²) < 4.78 is 0. The van der Waals surface area contributed by atoms with Crippen LogP contribution in [0.15, 0.2) is 0 Å². The summed E-state index contributed by atoms with van der Waals surface area (Å²) in [5, 5.41) is 8.49. The van der Waals surface area contributed by atoms with E-state index in [9.17, 15) is 4.79 Å². The van der Waals surface area contributed by atoms with Crippen LogP contribution in [0.3, 0.4) is 0 Å². The summed E-state index contributed by atoms with van der Waals surface area (Å²) in [6, 6.07) is 0. The van der Waals surface area contributed by atoms with E-state index in [0.717, 1.165) is 19.3 Å². The topological polar surface area (TPSA) is 63.3 Å². The average Bonchev–Trinajstić information content (AvgIpc) is 2.13. The standard InChI is InChI=1S/C7H13NO2.C5H12/c8-5-7(2-1-3-7)4-6(9)10;1-3-5-4-2/h1-5,8H2,(H,9,10);3-5H2,1-2H3. The lowest BCUT2D eigenvalue weighted by Crippen LogP contribution is -2.39. The van der Waals surface area contributed by atoms with Gasteiger partial charge in [0.25, 0.3) is 0 Å². The molecule has 3 N–H and O–H groups in total. The van der Waals surface area contributed by atoms with Crippen LogP contribution in [0.4, 0.5) is 0 Å². The first kappa shape index (κ1) is 14.4. The second-order valence-electron chi connectivity index (χ2n) is 4.48. The average molecular weight is 215 g/mol. The van der Waals surface area contributed by atoms with Gasteiger partial charge in [0.1, 0.15) is 0 Å². The fraction of sp³-hybridized carbons (Fsp3) is 0.917. The summed E-state index contributed by atoms with van der Waals surface area (Å²) in [6.45, 7) is 4.95. The van der Waals surface area contributed by atoms with Gasteiger partial charge in [0.05, 0.1) is 6.42 Å². The molecule has 3 nitrogen and oxygen atoms in total. The zero-order valence-electron chi connectivity index (χ0n) is 10.1. The lowest BCUT2D eigenvalue weighted by atomic mass is 9.67. The van der Waals surface area contributed by atoms with Gasteiger partial charge in [-0.1, -0.05) is 39.5 Å². The lowest BCUT2D eigenvalue weighted by molar-refractivity contribution is -0.141. The molecule has 15 heavy (non-hydrogen) atoms. The predicted molar refractivity (Wildman–Crippen MR) is 62.8 cm³/mol. The molecule has 3 heteroatoms. The molecule has 0 spiro atoms. The second kappa shape index (κ2) is 7.69. The largest absolute Gasteiger partial charge is 0.481 e. The Morgan fingerprint density at radius 1 is 1.33 bits per heavy atom. The van der Waals surface area contributed by atoms with Crippen molar-refractivity contribution >= 4 is 5.97 Å². The number of carbonyl (C=O) groups is 1. The van der Waals surface area contributed by atoms with Gasteiger partial charge in [0, 0.05) is 0 Å². The summed E-state index contributed by atoms with van der Waals surface area (Å²) in [4.78, 5) is 10.3. The maximum absolute atomic E-state index is 10.3. The number of unbranched alkanes of at least 4 members (excludes halogenated alkanes) is 2. The molecule has 1 aliphatic carbocycles. The van der Waals surface area contributed by atoms with Crippen molar-refractivity contribution in [3.05, 3.63) is 0 Å². The van der Waals surface area contributed by atoms with Crippen LogP contribution in [-0.2, 0) is 4.79 Å². The molecule has 1 saturated carbocycles. The van der Waals surface area contributed by atoms with Crippen LogP contribution in [0.2, 0.25) is 0 Å². The number of hydrogen-bond donors (Lipinski definition) is 2. The van der Waals surface area contributed by atoms with Crippen LogP contribution in [0.25, 0.3) is 0 Å². The van der Waals surface area contributed by atoms with Crippen molar-refractivity contribution in [2.75, 3.05) is 6.54 Å². The van der Waals surface area contributed by atoms with Crippen molar-refractivity contribution in [1.82, 2.24) is 0 Å². The van der Waals surface area contributed by atoms with Gasteiger partial charge in [-0.3, -0.25) is 4.79 Å². The smallest absolute Gasteiger partial charge is 0.303 e. The molecule has 0 amide bonds. The van der Waals surface area contributed by atoms with Crippen LogP contribution in [0.5, 0.6) is 0 Å².